The van der Waals surface area contributed by atoms with Gasteiger partial charge in [0.2, 0.25) is 5.91 Å². The summed E-state index contributed by atoms with van der Waals surface area (Å²) in [6.45, 7) is -0.0393. The summed E-state index contributed by atoms with van der Waals surface area (Å²) in [5.41, 5.74) is 2.00. The lowest BCUT2D eigenvalue weighted by atomic mass is 10.3. The van der Waals surface area contributed by atoms with Crippen LogP contribution in [0, 0.1) is 0 Å². The number of hydroxylamine groups is 1. The molecule has 0 aliphatic carbocycles. The Bertz CT molecular complexity index is 170. The molecule has 0 saturated carbocycles. The molecular weight excluding hydrogens is 178 g/mol. The van der Waals surface area contributed by atoms with Gasteiger partial charge in [0.25, 0.3) is 0 Å². The van der Waals surface area contributed by atoms with Gasteiger partial charge >= 0.3 is 5.97 Å². The number of methoxy groups -OCH3 is 1. The molecule has 0 aliphatic rings. The molecule has 0 aromatic rings. The fraction of sp³-hybridized carbons (Fsp3) is 0.714. The van der Waals surface area contributed by atoms with Crippen molar-refractivity contribution in [3.05, 3.63) is 0 Å². The van der Waals surface area contributed by atoms with E-state index in [2.05, 4.69) is 4.84 Å². The largest absolute Gasteiger partial charge is 0.479 e. The minimum Gasteiger partial charge on any atom is -0.479 e. The van der Waals surface area contributed by atoms with E-state index in [4.69, 9.17) is 9.84 Å². The quantitative estimate of drug-likeness (QED) is 0.420. The predicted molar refractivity (Wildman–Crippen MR) is 42.8 cm³/mol. The molecule has 2 N–H and O–H groups in total. The van der Waals surface area contributed by atoms with E-state index < -0.39 is 12.6 Å². The number of carbonyl (C=O) groups is 2. The maximum atomic E-state index is 10.8. The van der Waals surface area contributed by atoms with Crippen LogP contribution in [0.4, 0.5) is 0 Å². The summed E-state index contributed by atoms with van der Waals surface area (Å²) >= 11 is 0. The fourth-order valence-electron chi connectivity index (χ4n) is 0.606. The number of hydrogen-bond acceptors (Lipinski definition) is 4. The molecule has 0 fully saturated rings. The Balaban J connectivity index is 3.25. The zero-order valence-electron chi connectivity index (χ0n) is 7.41. The maximum absolute atomic E-state index is 10.8. The van der Waals surface area contributed by atoms with Crippen molar-refractivity contribution in [3.8, 4) is 0 Å². The molecule has 13 heavy (non-hydrogen) atoms. The molecule has 0 radical (unpaired) electrons. The molecule has 1 amide bonds. The van der Waals surface area contributed by atoms with E-state index in [1.165, 1.54) is 0 Å². The molecule has 6 heteroatoms. The van der Waals surface area contributed by atoms with Crippen LogP contribution in [0.2, 0.25) is 0 Å². The first-order chi connectivity index (χ1) is 6.16. The van der Waals surface area contributed by atoms with Gasteiger partial charge in [0.05, 0.1) is 0 Å². The van der Waals surface area contributed by atoms with Crippen LogP contribution in [0.5, 0.6) is 0 Å². The van der Waals surface area contributed by atoms with Gasteiger partial charge in [0, 0.05) is 20.1 Å². The molecule has 0 unspecified atom stereocenters. The third kappa shape index (κ3) is 8.77. The molecule has 0 aliphatic heterocycles. The second kappa shape index (κ2) is 7.51. The van der Waals surface area contributed by atoms with Crippen LogP contribution < -0.4 is 5.48 Å². The van der Waals surface area contributed by atoms with Crippen LogP contribution in [0.15, 0.2) is 0 Å². The highest BCUT2D eigenvalue weighted by atomic mass is 16.7. The normalized spacial score (nSPS) is 9.62. The zero-order valence-corrected chi connectivity index (χ0v) is 7.41. The van der Waals surface area contributed by atoms with Crippen molar-refractivity contribution in [1.82, 2.24) is 5.48 Å². The van der Waals surface area contributed by atoms with Crippen molar-refractivity contribution < 1.29 is 24.3 Å². The van der Waals surface area contributed by atoms with Crippen molar-refractivity contribution in [1.29, 1.82) is 0 Å². The smallest absolute Gasteiger partial charge is 0.332 e. The van der Waals surface area contributed by atoms with Crippen LogP contribution in [-0.2, 0) is 19.2 Å². The van der Waals surface area contributed by atoms with Crippen molar-refractivity contribution in [2.45, 2.75) is 12.8 Å². The van der Waals surface area contributed by atoms with Crippen LogP contribution in [0.3, 0.4) is 0 Å². The molecule has 0 spiro atoms. The van der Waals surface area contributed by atoms with Crippen molar-refractivity contribution in [3.63, 3.8) is 0 Å². The number of carboxylic acids is 1. The molecule has 0 atom stereocenters. The molecule has 0 aromatic heterocycles. The molecular formula is C7H13NO5. The number of carboxylic acid groups (broad SMARTS) is 1. The number of aliphatic carboxylic acids is 1. The van der Waals surface area contributed by atoms with Gasteiger partial charge in [-0.1, -0.05) is 0 Å². The Morgan fingerprint density at radius 2 is 2.15 bits per heavy atom. The number of amides is 1. The van der Waals surface area contributed by atoms with E-state index in [-0.39, 0.29) is 12.3 Å². The average Bonchev–Trinajstić information content (AvgIpc) is 2.04. The van der Waals surface area contributed by atoms with Gasteiger partial charge in [0.15, 0.2) is 6.61 Å². The Morgan fingerprint density at radius 3 is 2.69 bits per heavy atom. The molecule has 0 saturated heterocycles. The van der Waals surface area contributed by atoms with Gasteiger partial charge in [-0.3, -0.25) is 9.63 Å². The second-order valence-corrected chi connectivity index (χ2v) is 2.30. The third-order valence-corrected chi connectivity index (χ3v) is 1.13. The van der Waals surface area contributed by atoms with E-state index >= 15 is 0 Å². The molecule has 0 heterocycles. The molecule has 6 nitrogen and oxygen atoms in total. The lowest BCUT2D eigenvalue weighted by Gasteiger charge is -2.02. The Labute approximate surface area is 75.8 Å². The summed E-state index contributed by atoms with van der Waals surface area (Å²) in [5.74, 6) is -1.48. The summed E-state index contributed by atoms with van der Waals surface area (Å²) in [7, 11) is 1.54. The van der Waals surface area contributed by atoms with Crippen LogP contribution in [-0.4, -0.2) is 37.3 Å². The highest BCUT2D eigenvalue weighted by Gasteiger charge is 2.02. The summed E-state index contributed by atoms with van der Waals surface area (Å²) < 4.78 is 4.72. The van der Waals surface area contributed by atoms with E-state index in [9.17, 15) is 9.59 Å². The van der Waals surface area contributed by atoms with Gasteiger partial charge in [-0.15, -0.1) is 0 Å². The second-order valence-electron chi connectivity index (χ2n) is 2.30. The fourth-order valence-corrected chi connectivity index (χ4v) is 0.606. The lowest BCUT2D eigenvalue weighted by molar-refractivity contribution is -0.149. The molecule has 0 rings (SSSR count). The van der Waals surface area contributed by atoms with Crippen molar-refractivity contribution >= 4 is 11.9 Å². The van der Waals surface area contributed by atoms with Crippen LogP contribution >= 0.6 is 0 Å². The summed E-state index contributed by atoms with van der Waals surface area (Å²) in [5, 5.41) is 8.14. The zero-order chi connectivity index (χ0) is 10.1. The Kier molecular flexibility index (Phi) is 6.85. The van der Waals surface area contributed by atoms with Crippen molar-refractivity contribution in [2.24, 2.45) is 0 Å². The third-order valence-electron chi connectivity index (χ3n) is 1.13. The number of nitrogens with one attached hydrogen (secondary N) is 1. The first-order valence-electron chi connectivity index (χ1n) is 3.78. The van der Waals surface area contributed by atoms with E-state index in [0.29, 0.717) is 13.0 Å². The van der Waals surface area contributed by atoms with Crippen LogP contribution in [0.1, 0.15) is 12.8 Å². The van der Waals surface area contributed by atoms with E-state index in [1.807, 2.05) is 5.48 Å². The predicted octanol–water partition coefficient (Wildman–Crippen LogP) is -0.455. The maximum Gasteiger partial charge on any atom is 0.332 e. The number of ether oxygens (including phenoxy) is 1. The van der Waals surface area contributed by atoms with Crippen LogP contribution in [0.25, 0.3) is 0 Å². The van der Waals surface area contributed by atoms with Gasteiger partial charge in [-0.25, -0.2) is 10.3 Å². The summed E-state index contributed by atoms with van der Waals surface area (Å²) in [6, 6.07) is 0. The molecule has 0 bridgehead atoms. The summed E-state index contributed by atoms with van der Waals surface area (Å²) in [6.07, 6.45) is 0.840. The van der Waals surface area contributed by atoms with Gasteiger partial charge in [-0.05, 0) is 6.42 Å². The highest BCUT2D eigenvalue weighted by Crippen LogP contribution is 1.88. The average molecular weight is 191 g/mol. The van der Waals surface area contributed by atoms with Gasteiger partial charge in [-0.2, -0.15) is 0 Å². The first-order valence-corrected chi connectivity index (χ1v) is 3.78. The highest BCUT2D eigenvalue weighted by molar-refractivity contribution is 5.75. The van der Waals surface area contributed by atoms with E-state index in [0.717, 1.165) is 0 Å². The topological polar surface area (TPSA) is 84.9 Å². The first kappa shape index (κ1) is 11.9. The Morgan fingerprint density at radius 1 is 1.46 bits per heavy atom. The minimum atomic E-state index is -1.13. The number of carbonyl (C=O) groups excluding carboxylic acids is 1. The minimum absolute atomic E-state index is 0.257. The monoisotopic (exact) mass is 191 g/mol. The van der Waals surface area contributed by atoms with Gasteiger partial charge in [0.1, 0.15) is 0 Å². The van der Waals surface area contributed by atoms with Gasteiger partial charge < -0.3 is 9.84 Å². The summed E-state index contributed by atoms with van der Waals surface area (Å²) in [4.78, 5) is 25.1. The van der Waals surface area contributed by atoms with Crippen molar-refractivity contribution in [2.75, 3.05) is 20.3 Å². The Hall–Kier alpha value is -1.14. The molecule has 76 valence electrons. The lowest BCUT2D eigenvalue weighted by Crippen LogP contribution is -2.26. The molecule has 0 aromatic carbocycles. The standard InChI is InChI=1S/C7H13NO5/c1-12-4-2-3-6(9)8-13-5-7(10)11/h2-5H2,1H3,(H,8,9)(H,10,11). The SMILES string of the molecule is COCCCC(=O)NOCC(=O)O. The van der Waals surface area contributed by atoms with E-state index in [1.54, 1.807) is 7.11 Å². The number of rotatable bonds is 7. The number of hydrogen-bond donors (Lipinski definition) is 2.